The number of aliphatic hydroxyl groups is 1. The van der Waals surface area contributed by atoms with E-state index in [2.05, 4.69) is 39.5 Å². The molecule has 1 aliphatic heterocycles. The fourth-order valence-corrected chi connectivity index (χ4v) is 5.29. The third-order valence-corrected chi connectivity index (χ3v) is 7.55. The lowest BCUT2D eigenvalue weighted by molar-refractivity contribution is 0.0630. The molecule has 2 N–H and O–H groups in total. The first-order valence-corrected chi connectivity index (χ1v) is 13.3. The van der Waals surface area contributed by atoms with Crippen LogP contribution in [0.1, 0.15) is 59.9 Å². The van der Waals surface area contributed by atoms with Crippen LogP contribution in [0.15, 0.2) is 30.5 Å². The number of nitrogens with one attached hydrogen (secondary N) is 1. The van der Waals surface area contributed by atoms with E-state index in [9.17, 15) is 9.90 Å². The van der Waals surface area contributed by atoms with Gasteiger partial charge in [-0.3, -0.25) is 14.8 Å². The molecule has 1 saturated heterocycles. The molecule has 1 aliphatic rings. The van der Waals surface area contributed by atoms with Gasteiger partial charge in [-0.15, -0.1) is 0 Å². The van der Waals surface area contributed by atoms with Gasteiger partial charge in [-0.25, -0.2) is 14.4 Å². The van der Waals surface area contributed by atoms with Crippen LogP contribution in [0.2, 0.25) is 0 Å². The van der Waals surface area contributed by atoms with Crippen LogP contribution in [-0.2, 0) is 13.6 Å². The molecule has 4 heterocycles. The van der Waals surface area contributed by atoms with Crippen LogP contribution in [0.4, 0.5) is 10.3 Å². The molecule has 10 heteroatoms. The Kier molecular flexibility index (Phi) is 7.02. The lowest BCUT2D eigenvalue weighted by Gasteiger charge is -2.29. The number of hydrogen-bond acceptors (Lipinski definition) is 6. The molecule has 0 radical (unpaired) electrons. The van der Waals surface area contributed by atoms with E-state index in [0.29, 0.717) is 17.2 Å². The summed E-state index contributed by atoms with van der Waals surface area (Å²) in [7, 11) is 3.91. The molecule has 0 aliphatic carbocycles. The minimum atomic E-state index is -1.07. The van der Waals surface area contributed by atoms with Crippen molar-refractivity contribution in [2.24, 2.45) is 7.05 Å². The smallest absolute Gasteiger partial charge is 0.261 e. The number of benzene rings is 1. The zero-order chi connectivity index (χ0) is 28.1. The second kappa shape index (κ2) is 10.2. The molecule has 3 aromatic heterocycles. The number of carbonyl (C=O) groups is 1. The van der Waals surface area contributed by atoms with Gasteiger partial charge < -0.3 is 14.6 Å². The normalized spacial score (nSPS) is 15.3. The molecule has 5 rings (SSSR count). The quantitative estimate of drug-likeness (QED) is 0.381. The number of piperidine rings is 1. The number of imidazole rings is 1. The van der Waals surface area contributed by atoms with E-state index in [1.54, 1.807) is 43.3 Å². The standard InChI is InChI=1S/C29H36FN7O2/c1-17-13-21(25(30)26(32-17)22-15-31-36(6)18(22)2)27(38)34-28-33-23-14-20(19-9-11-35(5)12-10-19)7-8-24(23)37(28)16-29(3,4)39/h7-8,13-15,19,39H,9-12,16H2,1-6H3,(H,33,34,38). The van der Waals surface area contributed by atoms with Gasteiger partial charge in [0, 0.05) is 24.0 Å². The lowest BCUT2D eigenvalue weighted by atomic mass is 9.89. The number of rotatable bonds is 6. The Balaban J connectivity index is 1.52. The highest BCUT2D eigenvalue weighted by atomic mass is 19.1. The Morgan fingerprint density at radius 3 is 2.51 bits per heavy atom. The molecular formula is C29H36FN7O2. The summed E-state index contributed by atoms with van der Waals surface area (Å²) in [5.41, 5.74) is 3.40. The number of fused-ring (bicyclic) bond motifs is 1. The van der Waals surface area contributed by atoms with Crippen molar-refractivity contribution in [1.29, 1.82) is 0 Å². The maximum Gasteiger partial charge on any atom is 0.261 e. The van der Waals surface area contributed by atoms with Crippen molar-refractivity contribution in [1.82, 2.24) is 29.2 Å². The highest BCUT2D eigenvalue weighted by molar-refractivity contribution is 6.05. The van der Waals surface area contributed by atoms with Crippen molar-refractivity contribution in [3.63, 3.8) is 0 Å². The molecule has 0 spiro atoms. The molecule has 4 aromatic rings. The minimum Gasteiger partial charge on any atom is -0.389 e. The van der Waals surface area contributed by atoms with Crippen LogP contribution < -0.4 is 5.32 Å². The highest BCUT2D eigenvalue weighted by Gasteiger charge is 2.26. The van der Waals surface area contributed by atoms with Gasteiger partial charge in [-0.2, -0.15) is 5.10 Å². The van der Waals surface area contributed by atoms with Crippen molar-refractivity contribution in [3.8, 4) is 11.3 Å². The number of pyridine rings is 1. The van der Waals surface area contributed by atoms with E-state index in [4.69, 9.17) is 4.98 Å². The Morgan fingerprint density at radius 2 is 1.87 bits per heavy atom. The molecule has 9 nitrogen and oxygen atoms in total. The molecule has 1 amide bonds. The van der Waals surface area contributed by atoms with Gasteiger partial charge in [0.15, 0.2) is 5.82 Å². The van der Waals surface area contributed by atoms with E-state index in [1.165, 1.54) is 11.6 Å². The van der Waals surface area contributed by atoms with Gasteiger partial charge in [0.1, 0.15) is 5.69 Å². The molecule has 0 bridgehead atoms. The van der Waals surface area contributed by atoms with Crippen LogP contribution in [0.3, 0.4) is 0 Å². The number of likely N-dealkylation sites (tertiary alicyclic amines) is 1. The SMILES string of the molecule is Cc1cc(C(=O)Nc2nc3cc(C4CCN(C)CC4)ccc3n2CC(C)(C)O)c(F)c(-c2cnn(C)c2C)n1. The van der Waals surface area contributed by atoms with Crippen LogP contribution in [0, 0.1) is 19.7 Å². The summed E-state index contributed by atoms with van der Waals surface area (Å²) in [6, 6.07) is 7.61. The van der Waals surface area contributed by atoms with Gasteiger partial charge in [0.25, 0.3) is 5.91 Å². The number of aromatic nitrogens is 5. The average molecular weight is 534 g/mol. The third-order valence-electron chi connectivity index (χ3n) is 7.55. The van der Waals surface area contributed by atoms with Gasteiger partial charge in [0.05, 0.1) is 34.9 Å². The Bertz CT molecular complexity index is 1540. The second-order valence-electron chi connectivity index (χ2n) is 11.4. The molecular weight excluding hydrogens is 497 g/mol. The molecule has 1 aromatic carbocycles. The first-order chi connectivity index (χ1) is 18.4. The Hall–Kier alpha value is -3.63. The van der Waals surface area contributed by atoms with Crippen LogP contribution in [-0.4, -0.2) is 66.0 Å². The van der Waals surface area contributed by atoms with Crippen LogP contribution in [0.25, 0.3) is 22.3 Å². The average Bonchev–Trinajstić information content (AvgIpc) is 3.38. The minimum absolute atomic E-state index is 0.0820. The first-order valence-electron chi connectivity index (χ1n) is 13.3. The highest BCUT2D eigenvalue weighted by Crippen LogP contribution is 2.32. The number of amides is 1. The largest absolute Gasteiger partial charge is 0.389 e. The van der Waals surface area contributed by atoms with Gasteiger partial charge >= 0.3 is 0 Å². The van der Waals surface area contributed by atoms with E-state index in [1.807, 2.05) is 13.0 Å². The maximum atomic E-state index is 15.7. The van der Waals surface area contributed by atoms with E-state index >= 15 is 4.39 Å². The van der Waals surface area contributed by atoms with Crippen molar-refractivity contribution < 1.29 is 14.3 Å². The summed E-state index contributed by atoms with van der Waals surface area (Å²) in [5, 5.41) is 17.6. The fraction of sp³-hybridized carbons (Fsp3) is 0.448. The molecule has 1 fully saturated rings. The molecule has 0 atom stereocenters. The third kappa shape index (κ3) is 5.44. The zero-order valence-electron chi connectivity index (χ0n) is 23.4. The van der Waals surface area contributed by atoms with E-state index in [0.717, 1.165) is 42.7 Å². The van der Waals surface area contributed by atoms with E-state index < -0.39 is 17.3 Å². The predicted octanol–water partition coefficient (Wildman–Crippen LogP) is 4.42. The van der Waals surface area contributed by atoms with Crippen LogP contribution >= 0.6 is 0 Å². The summed E-state index contributed by atoms with van der Waals surface area (Å²) in [6.45, 7) is 9.25. The summed E-state index contributed by atoms with van der Waals surface area (Å²) in [6.07, 6.45) is 3.71. The number of aryl methyl sites for hydroxylation is 2. The first kappa shape index (κ1) is 27.0. The van der Waals surface area contributed by atoms with Gasteiger partial charge in [-0.05, 0) is 90.4 Å². The molecule has 206 valence electrons. The van der Waals surface area contributed by atoms with Crippen molar-refractivity contribution in [3.05, 3.63) is 58.8 Å². The lowest BCUT2D eigenvalue weighted by Crippen LogP contribution is -2.29. The number of nitrogens with zero attached hydrogens (tertiary/aromatic N) is 6. The number of hydrogen-bond donors (Lipinski definition) is 2. The second-order valence-corrected chi connectivity index (χ2v) is 11.4. The molecule has 0 saturated carbocycles. The summed E-state index contributed by atoms with van der Waals surface area (Å²) >= 11 is 0. The summed E-state index contributed by atoms with van der Waals surface area (Å²) in [4.78, 5) is 24.9. The Labute approximate surface area is 227 Å². The Morgan fingerprint density at radius 1 is 1.15 bits per heavy atom. The molecule has 0 unspecified atom stereocenters. The predicted molar refractivity (Wildman–Crippen MR) is 149 cm³/mol. The van der Waals surface area contributed by atoms with Crippen LogP contribution in [0.5, 0.6) is 0 Å². The van der Waals surface area contributed by atoms with Gasteiger partial charge in [0.2, 0.25) is 5.95 Å². The number of carbonyl (C=O) groups excluding carboxylic acids is 1. The van der Waals surface area contributed by atoms with Crippen molar-refractivity contribution in [2.75, 3.05) is 25.5 Å². The van der Waals surface area contributed by atoms with E-state index in [-0.39, 0.29) is 23.8 Å². The monoisotopic (exact) mass is 533 g/mol. The zero-order valence-corrected chi connectivity index (χ0v) is 23.4. The number of halogens is 1. The summed E-state index contributed by atoms with van der Waals surface area (Å²) in [5.74, 6) is -0.649. The number of anilines is 1. The topological polar surface area (TPSA) is 101 Å². The summed E-state index contributed by atoms with van der Waals surface area (Å²) < 4.78 is 19.1. The maximum absolute atomic E-state index is 15.7. The van der Waals surface area contributed by atoms with Gasteiger partial charge in [-0.1, -0.05) is 6.07 Å². The van der Waals surface area contributed by atoms with Crippen molar-refractivity contribution >= 4 is 22.9 Å². The fourth-order valence-electron chi connectivity index (χ4n) is 5.29. The molecule has 39 heavy (non-hydrogen) atoms. The van der Waals surface area contributed by atoms with Crippen molar-refractivity contribution in [2.45, 2.75) is 58.6 Å².